The van der Waals surface area contributed by atoms with Crippen molar-refractivity contribution in [2.75, 3.05) is 29.4 Å². The molecule has 53 heavy (non-hydrogen) atoms. The normalized spacial score (nSPS) is 26.8. The number of aromatic nitrogens is 4. The number of ether oxygens (including phenoxy) is 1. The van der Waals surface area contributed by atoms with Crippen molar-refractivity contribution in [1.29, 1.82) is 0 Å². The number of carboxylic acid groups (broad SMARTS) is 1. The number of anilines is 3. The van der Waals surface area contributed by atoms with E-state index in [9.17, 15) is 27.9 Å². The third kappa shape index (κ3) is 6.43. The summed E-state index contributed by atoms with van der Waals surface area (Å²) in [5.74, 6) is -2.70. The van der Waals surface area contributed by atoms with E-state index < -0.39 is 46.1 Å². The quantitative estimate of drug-likeness (QED) is 0.249. The molecule has 3 aliphatic carbocycles. The molecule has 4 unspecified atom stereocenters. The molecule has 4 heterocycles. The fourth-order valence-electron chi connectivity index (χ4n) is 9.96. The number of piperidine rings is 1. The van der Waals surface area contributed by atoms with E-state index in [1.54, 1.807) is 24.5 Å². The Labute approximate surface area is 304 Å². The molecule has 2 aromatic heterocycles. The molecule has 2 N–H and O–H groups in total. The number of hydrogen-bond acceptors (Lipinski definition) is 9. The summed E-state index contributed by atoms with van der Waals surface area (Å²) >= 11 is 0. The van der Waals surface area contributed by atoms with E-state index in [1.807, 2.05) is 6.92 Å². The van der Waals surface area contributed by atoms with Crippen molar-refractivity contribution in [1.82, 2.24) is 25.3 Å². The zero-order valence-corrected chi connectivity index (χ0v) is 29.5. The Morgan fingerprint density at radius 3 is 2.43 bits per heavy atom. The first-order valence-electron chi connectivity index (χ1n) is 18.7. The first-order valence-corrected chi connectivity index (χ1v) is 18.7. The molecule has 1 saturated heterocycles. The Bertz CT molecular complexity index is 1880. The SMILES string of the molecule is CC1CC2CC(C1)C(NC(=O)c1cnc(N3CC4(CCCCC4)c4cc(OC5CCN(c6ncccn6)CC5)c(F)cc43)nc1C(F)(F)F)(C(=O)O)C2. The monoisotopic (exact) mass is 737 g/mol. The Morgan fingerprint density at radius 1 is 1.00 bits per heavy atom. The van der Waals surface area contributed by atoms with Crippen LogP contribution in [0.15, 0.2) is 36.8 Å². The number of rotatable bonds is 7. The summed E-state index contributed by atoms with van der Waals surface area (Å²) in [5.41, 5.74) is -3.30. The van der Waals surface area contributed by atoms with Gasteiger partial charge < -0.3 is 25.0 Å². The van der Waals surface area contributed by atoms with E-state index in [0.717, 1.165) is 50.3 Å². The molecule has 8 rings (SSSR count). The molecule has 4 atom stereocenters. The highest BCUT2D eigenvalue weighted by molar-refractivity contribution is 5.99. The van der Waals surface area contributed by atoms with E-state index in [4.69, 9.17) is 4.74 Å². The maximum Gasteiger partial charge on any atom is 0.434 e. The molecule has 5 aliphatic rings. The molecule has 0 radical (unpaired) electrons. The summed E-state index contributed by atoms with van der Waals surface area (Å²) in [6, 6.07) is 4.76. The van der Waals surface area contributed by atoms with Crippen LogP contribution < -0.4 is 19.9 Å². The molecule has 11 nitrogen and oxygen atoms in total. The topological polar surface area (TPSA) is 134 Å². The van der Waals surface area contributed by atoms with Crippen LogP contribution in [0.2, 0.25) is 0 Å². The standard InChI is InChI=1S/C38H43F4N7O4/c1-22-14-23-16-24(15-22)37(19-23,33(51)52)47-32(50)26-20-45-35(46-31(26)38(40,41)42)49-21-36(8-3-2-4-9-36)27-17-30(28(39)18-29(27)49)53-25-6-12-48(13-7-25)34-43-10-5-11-44-34/h5,10-11,17-18,20,22-25H,2-4,6-9,12-16,19,21H2,1H3,(H,47,50)(H,51,52). The van der Waals surface area contributed by atoms with Crippen molar-refractivity contribution in [3.05, 3.63) is 59.4 Å². The smallest absolute Gasteiger partial charge is 0.434 e. The number of fused-ring (bicyclic) bond motifs is 4. The van der Waals surface area contributed by atoms with Crippen LogP contribution in [0.3, 0.4) is 0 Å². The van der Waals surface area contributed by atoms with Crippen molar-refractivity contribution in [2.45, 2.75) is 101 Å². The second-order valence-electron chi connectivity index (χ2n) is 15.8. The molecule has 2 bridgehead atoms. The summed E-state index contributed by atoms with van der Waals surface area (Å²) in [7, 11) is 0. The number of benzene rings is 1. The summed E-state index contributed by atoms with van der Waals surface area (Å²) in [6.45, 7) is 3.55. The van der Waals surface area contributed by atoms with Crippen LogP contribution in [-0.2, 0) is 16.4 Å². The number of carbonyl (C=O) groups excluding carboxylic acids is 1. The predicted molar refractivity (Wildman–Crippen MR) is 186 cm³/mol. The van der Waals surface area contributed by atoms with Gasteiger partial charge in [-0.25, -0.2) is 29.1 Å². The van der Waals surface area contributed by atoms with Gasteiger partial charge in [0.1, 0.15) is 11.6 Å². The van der Waals surface area contributed by atoms with E-state index in [1.165, 1.54) is 11.0 Å². The van der Waals surface area contributed by atoms with Gasteiger partial charge in [-0.15, -0.1) is 0 Å². The summed E-state index contributed by atoms with van der Waals surface area (Å²) < 4.78 is 66.4. The molecule has 4 fully saturated rings. The van der Waals surface area contributed by atoms with Gasteiger partial charge in [0.15, 0.2) is 17.3 Å². The third-order valence-electron chi connectivity index (χ3n) is 12.4. The molecule has 2 aliphatic heterocycles. The molecule has 15 heteroatoms. The molecule has 3 saturated carbocycles. The highest BCUT2D eigenvalue weighted by Gasteiger charge is 2.57. The fourth-order valence-corrected chi connectivity index (χ4v) is 9.96. The predicted octanol–water partition coefficient (Wildman–Crippen LogP) is 6.84. The average Bonchev–Trinajstić information content (AvgIpc) is 3.57. The van der Waals surface area contributed by atoms with Gasteiger partial charge in [0.25, 0.3) is 5.91 Å². The van der Waals surface area contributed by atoms with Crippen LogP contribution in [-0.4, -0.2) is 68.2 Å². The molecule has 1 aromatic carbocycles. The number of alkyl halides is 3. The number of amides is 1. The van der Waals surface area contributed by atoms with Gasteiger partial charge in [0.05, 0.1) is 11.3 Å². The van der Waals surface area contributed by atoms with Crippen molar-refractivity contribution in [3.8, 4) is 5.75 Å². The van der Waals surface area contributed by atoms with Gasteiger partial charge >= 0.3 is 12.1 Å². The van der Waals surface area contributed by atoms with Crippen LogP contribution in [0.4, 0.5) is 35.1 Å². The maximum atomic E-state index is 15.9. The fraction of sp³-hybridized carbons (Fsp3) is 0.579. The number of hydrogen-bond donors (Lipinski definition) is 2. The second kappa shape index (κ2) is 13.4. The average molecular weight is 738 g/mol. The number of carbonyl (C=O) groups is 2. The zero-order chi connectivity index (χ0) is 37.1. The second-order valence-corrected chi connectivity index (χ2v) is 15.8. The molecule has 1 spiro atoms. The van der Waals surface area contributed by atoms with Crippen molar-refractivity contribution >= 4 is 29.5 Å². The Hall–Kier alpha value is -4.56. The highest BCUT2D eigenvalue weighted by atomic mass is 19.4. The first-order chi connectivity index (χ1) is 25.3. The number of aliphatic carboxylic acids is 1. The van der Waals surface area contributed by atoms with Crippen molar-refractivity contribution < 1.29 is 37.0 Å². The third-order valence-corrected chi connectivity index (χ3v) is 12.4. The van der Waals surface area contributed by atoms with E-state index in [0.29, 0.717) is 50.4 Å². The highest BCUT2D eigenvalue weighted by Crippen LogP contribution is 2.53. The van der Waals surface area contributed by atoms with Gasteiger partial charge in [-0.2, -0.15) is 13.2 Å². The van der Waals surface area contributed by atoms with Crippen LogP contribution >= 0.6 is 0 Å². The number of carboxylic acids is 1. The summed E-state index contributed by atoms with van der Waals surface area (Å²) in [4.78, 5) is 46.6. The lowest BCUT2D eigenvalue weighted by Gasteiger charge is -2.35. The Balaban J connectivity index is 1.08. The molecule has 1 amide bonds. The lowest BCUT2D eigenvalue weighted by Crippen LogP contribution is -2.57. The van der Waals surface area contributed by atoms with Gasteiger partial charge in [0.2, 0.25) is 11.9 Å². The van der Waals surface area contributed by atoms with E-state index in [-0.39, 0.29) is 48.5 Å². The number of nitrogens with one attached hydrogen (secondary N) is 1. The summed E-state index contributed by atoms with van der Waals surface area (Å²) in [6.07, 6.45) is 6.62. The van der Waals surface area contributed by atoms with Crippen LogP contribution in [0.5, 0.6) is 5.75 Å². The number of halogens is 4. The van der Waals surface area contributed by atoms with Gasteiger partial charge in [-0.1, -0.05) is 26.2 Å². The van der Waals surface area contributed by atoms with Gasteiger partial charge in [-0.05, 0) is 74.0 Å². The van der Waals surface area contributed by atoms with Gasteiger partial charge in [-0.3, -0.25) is 4.79 Å². The zero-order valence-electron chi connectivity index (χ0n) is 29.5. The van der Waals surface area contributed by atoms with Crippen LogP contribution in [0, 0.1) is 23.6 Å². The van der Waals surface area contributed by atoms with E-state index in [2.05, 4.69) is 30.2 Å². The van der Waals surface area contributed by atoms with Crippen LogP contribution in [0.1, 0.15) is 99.2 Å². The minimum atomic E-state index is -5.06. The first kappa shape index (κ1) is 35.5. The van der Waals surface area contributed by atoms with E-state index >= 15 is 4.39 Å². The minimum Gasteiger partial charge on any atom is -0.487 e. The molecular weight excluding hydrogens is 694 g/mol. The molecule has 282 valence electrons. The minimum absolute atomic E-state index is 0.0669. The molecule has 3 aromatic rings. The molecular formula is C38H43F4N7O4. The van der Waals surface area contributed by atoms with Gasteiger partial charge in [0, 0.05) is 62.5 Å². The largest absolute Gasteiger partial charge is 0.487 e. The Kier molecular flexibility index (Phi) is 8.96. The lowest BCUT2D eigenvalue weighted by molar-refractivity contribution is -0.146. The maximum absolute atomic E-state index is 15.9. The number of nitrogens with zero attached hydrogens (tertiary/aromatic N) is 6. The van der Waals surface area contributed by atoms with Crippen molar-refractivity contribution in [2.24, 2.45) is 17.8 Å². The summed E-state index contributed by atoms with van der Waals surface area (Å²) in [5, 5.41) is 12.8. The lowest BCUT2D eigenvalue weighted by atomic mass is 9.71. The van der Waals surface area contributed by atoms with Crippen LogP contribution in [0.25, 0.3) is 0 Å². The Morgan fingerprint density at radius 2 is 1.74 bits per heavy atom. The van der Waals surface area contributed by atoms with Crippen molar-refractivity contribution in [3.63, 3.8) is 0 Å².